The van der Waals surface area contributed by atoms with Crippen molar-refractivity contribution in [2.75, 3.05) is 33.4 Å². The van der Waals surface area contributed by atoms with Gasteiger partial charge in [-0.15, -0.1) is 0 Å². The standard InChI is InChI=1S/C18H30N4O3/c1-6-19-17(21-13-16(23)22-18(2,3)4)20-11-12-25-15-9-7-14(24-5)8-10-15/h7-10H,6,11-13H2,1-5H3,(H,22,23)(H2,19,20,21). The molecular weight excluding hydrogens is 320 g/mol. The summed E-state index contributed by atoms with van der Waals surface area (Å²) < 4.78 is 10.8. The Morgan fingerprint density at radius 3 is 2.32 bits per heavy atom. The predicted molar refractivity (Wildman–Crippen MR) is 100 cm³/mol. The summed E-state index contributed by atoms with van der Waals surface area (Å²) in [5, 5.41) is 9.12. The van der Waals surface area contributed by atoms with Gasteiger partial charge in [-0.05, 0) is 52.0 Å². The van der Waals surface area contributed by atoms with E-state index >= 15 is 0 Å². The molecule has 7 heteroatoms. The molecule has 0 aliphatic carbocycles. The Morgan fingerprint density at radius 2 is 1.76 bits per heavy atom. The van der Waals surface area contributed by atoms with Crippen LogP contribution in [0.1, 0.15) is 27.7 Å². The number of aliphatic imine (C=N–C) groups is 1. The maximum absolute atomic E-state index is 11.8. The summed E-state index contributed by atoms with van der Waals surface area (Å²) in [5.74, 6) is 2.04. The molecule has 0 heterocycles. The fourth-order valence-corrected chi connectivity index (χ4v) is 1.96. The SMILES string of the molecule is CCNC(=NCC(=O)NC(C)(C)C)NCCOc1ccc(OC)cc1. The number of hydrogen-bond donors (Lipinski definition) is 3. The van der Waals surface area contributed by atoms with E-state index in [2.05, 4.69) is 20.9 Å². The first-order valence-electron chi connectivity index (χ1n) is 8.44. The second-order valence-electron chi connectivity index (χ2n) is 6.44. The zero-order chi connectivity index (χ0) is 18.7. The Labute approximate surface area is 150 Å². The third kappa shape index (κ3) is 9.44. The molecule has 0 saturated carbocycles. The minimum atomic E-state index is -0.259. The van der Waals surface area contributed by atoms with Crippen molar-refractivity contribution in [2.24, 2.45) is 4.99 Å². The highest BCUT2D eigenvalue weighted by atomic mass is 16.5. The number of carbonyl (C=O) groups excluding carboxylic acids is 1. The Hall–Kier alpha value is -2.44. The molecule has 0 bridgehead atoms. The van der Waals surface area contributed by atoms with Crippen molar-refractivity contribution in [3.63, 3.8) is 0 Å². The van der Waals surface area contributed by atoms with E-state index in [1.54, 1.807) is 7.11 Å². The highest BCUT2D eigenvalue weighted by Gasteiger charge is 2.13. The van der Waals surface area contributed by atoms with Crippen LogP contribution in [0.3, 0.4) is 0 Å². The summed E-state index contributed by atoms with van der Waals surface area (Å²) in [6.07, 6.45) is 0. The van der Waals surface area contributed by atoms with E-state index in [1.165, 1.54) is 0 Å². The van der Waals surface area contributed by atoms with Gasteiger partial charge in [0, 0.05) is 12.1 Å². The molecule has 1 amide bonds. The van der Waals surface area contributed by atoms with Crippen molar-refractivity contribution < 1.29 is 14.3 Å². The topological polar surface area (TPSA) is 84.0 Å². The predicted octanol–water partition coefficient (Wildman–Crippen LogP) is 1.54. The van der Waals surface area contributed by atoms with Crippen LogP contribution in [0.25, 0.3) is 0 Å². The normalized spacial score (nSPS) is 11.6. The minimum Gasteiger partial charge on any atom is -0.497 e. The van der Waals surface area contributed by atoms with E-state index in [-0.39, 0.29) is 18.0 Å². The van der Waals surface area contributed by atoms with Crippen LogP contribution in [0.2, 0.25) is 0 Å². The Balaban J connectivity index is 2.38. The summed E-state index contributed by atoms with van der Waals surface area (Å²) in [7, 11) is 1.63. The van der Waals surface area contributed by atoms with Gasteiger partial charge in [0.25, 0.3) is 0 Å². The lowest BCUT2D eigenvalue weighted by molar-refractivity contribution is -0.121. The number of benzene rings is 1. The molecule has 1 aromatic carbocycles. The molecule has 0 aromatic heterocycles. The summed E-state index contributed by atoms with van der Waals surface area (Å²) >= 11 is 0. The summed E-state index contributed by atoms with van der Waals surface area (Å²) in [6, 6.07) is 7.41. The number of hydrogen-bond acceptors (Lipinski definition) is 4. The first-order chi connectivity index (χ1) is 11.8. The molecule has 0 aliphatic rings. The van der Waals surface area contributed by atoms with Crippen molar-refractivity contribution >= 4 is 11.9 Å². The van der Waals surface area contributed by atoms with E-state index in [9.17, 15) is 4.79 Å². The number of carbonyl (C=O) groups is 1. The summed E-state index contributed by atoms with van der Waals surface area (Å²) in [6.45, 7) is 9.62. The Bertz CT molecular complexity index is 550. The van der Waals surface area contributed by atoms with Gasteiger partial charge in [-0.3, -0.25) is 4.79 Å². The number of amides is 1. The summed E-state index contributed by atoms with van der Waals surface area (Å²) in [4.78, 5) is 16.1. The van der Waals surface area contributed by atoms with Gasteiger partial charge in [-0.25, -0.2) is 4.99 Å². The van der Waals surface area contributed by atoms with Crippen molar-refractivity contribution in [1.29, 1.82) is 0 Å². The van der Waals surface area contributed by atoms with Gasteiger partial charge in [0.2, 0.25) is 5.91 Å². The number of nitrogens with one attached hydrogen (secondary N) is 3. The number of rotatable bonds is 8. The molecule has 0 aliphatic heterocycles. The average molecular weight is 350 g/mol. The van der Waals surface area contributed by atoms with Crippen molar-refractivity contribution in [2.45, 2.75) is 33.2 Å². The Morgan fingerprint density at radius 1 is 1.12 bits per heavy atom. The van der Waals surface area contributed by atoms with Crippen LogP contribution in [0.4, 0.5) is 0 Å². The minimum absolute atomic E-state index is 0.0753. The number of guanidine groups is 1. The summed E-state index contributed by atoms with van der Waals surface area (Å²) in [5.41, 5.74) is -0.259. The van der Waals surface area contributed by atoms with Crippen molar-refractivity contribution in [3.8, 4) is 11.5 Å². The molecule has 0 saturated heterocycles. The third-order valence-electron chi connectivity index (χ3n) is 2.96. The Kier molecular flexibility index (Phi) is 8.60. The molecule has 7 nitrogen and oxygen atoms in total. The first kappa shape index (κ1) is 20.6. The van der Waals surface area contributed by atoms with E-state index in [4.69, 9.17) is 9.47 Å². The van der Waals surface area contributed by atoms with Gasteiger partial charge in [-0.1, -0.05) is 0 Å². The molecule has 0 atom stereocenters. The second kappa shape index (κ2) is 10.4. The number of nitrogens with zero attached hydrogens (tertiary/aromatic N) is 1. The lowest BCUT2D eigenvalue weighted by Crippen LogP contribution is -2.43. The van der Waals surface area contributed by atoms with Gasteiger partial charge < -0.3 is 25.4 Å². The van der Waals surface area contributed by atoms with E-state index in [0.717, 1.165) is 11.5 Å². The van der Waals surface area contributed by atoms with E-state index in [1.807, 2.05) is 52.0 Å². The highest BCUT2D eigenvalue weighted by Crippen LogP contribution is 2.16. The van der Waals surface area contributed by atoms with Crippen LogP contribution < -0.4 is 25.4 Å². The molecule has 0 spiro atoms. The molecule has 0 unspecified atom stereocenters. The largest absolute Gasteiger partial charge is 0.497 e. The zero-order valence-corrected chi connectivity index (χ0v) is 15.8. The van der Waals surface area contributed by atoms with Gasteiger partial charge in [0.15, 0.2) is 5.96 Å². The van der Waals surface area contributed by atoms with Crippen molar-refractivity contribution in [3.05, 3.63) is 24.3 Å². The van der Waals surface area contributed by atoms with E-state index in [0.29, 0.717) is 25.7 Å². The van der Waals surface area contributed by atoms with Gasteiger partial charge in [-0.2, -0.15) is 0 Å². The van der Waals surface area contributed by atoms with Crippen molar-refractivity contribution in [1.82, 2.24) is 16.0 Å². The molecule has 3 N–H and O–H groups in total. The quantitative estimate of drug-likeness (QED) is 0.376. The fourth-order valence-electron chi connectivity index (χ4n) is 1.96. The lowest BCUT2D eigenvalue weighted by Gasteiger charge is -2.20. The van der Waals surface area contributed by atoms with Crippen LogP contribution in [0.15, 0.2) is 29.3 Å². The molecule has 1 rings (SSSR count). The number of methoxy groups -OCH3 is 1. The monoisotopic (exact) mass is 350 g/mol. The number of ether oxygens (including phenoxy) is 2. The molecule has 140 valence electrons. The molecule has 1 aromatic rings. The van der Waals surface area contributed by atoms with Crippen LogP contribution in [0.5, 0.6) is 11.5 Å². The smallest absolute Gasteiger partial charge is 0.242 e. The molecule has 25 heavy (non-hydrogen) atoms. The maximum atomic E-state index is 11.8. The van der Waals surface area contributed by atoms with Crippen LogP contribution in [-0.2, 0) is 4.79 Å². The lowest BCUT2D eigenvalue weighted by atomic mass is 10.1. The van der Waals surface area contributed by atoms with Crippen LogP contribution in [-0.4, -0.2) is 50.8 Å². The zero-order valence-electron chi connectivity index (χ0n) is 15.8. The van der Waals surface area contributed by atoms with Gasteiger partial charge >= 0.3 is 0 Å². The second-order valence-corrected chi connectivity index (χ2v) is 6.44. The molecular formula is C18H30N4O3. The first-order valence-corrected chi connectivity index (χ1v) is 8.44. The van der Waals surface area contributed by atoms with Crippen LogP contribution >= 0.6 is 0 Å². The average Bonchev–Trinajstić information content (AvgIpc) is 2.55. The third-order valence-corrected chi connectivity index (χ3v) is 2.96. The highest BCUT2D eigenvalue weighted by molar-refractivity contribution is 5.85. The molecule has 0 radical (unpaired) electrons. The van der Waals surface area contributed by atoms with Gasteiger partial charge in [0.05, 0.1) is 13.7 Å². The fraction of sp³-hybridized carbons (Fsp3) is 0.556. The maximum Gasteiger partial charge on any atom is 0.242 e. The van der Waals surface area contributed by atoms with Gasteiger partial charge in [0.1, 0.15) is 24.7 Å². The van der Waals surface area contributed by atoms with Crippen LogP contribution in [0, 0.1) is 0 Å². The molecule has 0 fully saturated rings. The van der Waals surface area contributed by atoms with E-state index < -0.39 is 0 Å².